The summed E-state index contributed by atoms with van der Waals surface area (Å²) in [5.41, 5.74) is 0. The molecule has 4 heterocycles. The first-order valence-electron chi connectivity index (χ1n) is 9.32. The summed E-state index contributed by atoms with van der Waals surface area (Å²) in [5.74, 6) is 0.605. The van der Waals surface area contributed by atoms with Gasteiger partial charge in [0.1, 0.15) is 11.5 Å². The summed E-state index contributed by atoms with van der Waals surface area (Å²) in [6.45, 7) is 1.86. The van der Waals surface area contributed by atoms with Crippen LogP contribution in [0, 0.1) is 0 Å². The molecule has 0 aromatic carbocycles. The molecule has 0 aliphatic carbocycles. The highest BCUT2D eigenvalue weighted by molar-refractivity contribution is 8.18. The minimum atomic E-state index is -0.618. The van der Waals surface area contributed by atoms with Crippen molar-refractivity contribution in [2.24, 2.45) is 0 Å². The van der Waals surface area contributed by atoms with Gasteiger partial charge in [-0.2, -0.15) is 0 Å². The number of methoxy groups -OCH3 is 1. The zero-order chi connectivity index (χ0) is 20.4. The number of amides is 2. The number of esters is 1. The third-order valence-electron chi connectivity index (χ3n) is 4.79. The van der Waals surface area contributed by atoms with Gasteiger partial charge in [0, 0.05) is 25.2 Å². The summed E-state index contributed by atoms with van der Waals surface area (Å²) in [7, 11) is 1.25. The van der Waals surface area contributed by atoms with E-state index in [9.17, 15) is 14.4 Å². The number of imide groups is 1. The number of carbonyl (C=O) groups is 3. The number of nitrogens with zero attached hydrogens (tertiary/aromatic N) is 2. The first kappa shape index (κ1) is 19.4. The quantitative estimate of drug-likeness (QED) is 0.535. The molecule has 2 aliphatic rings. The molecule has 2 aromatic rings. The highest BCUT2D eigenvalue weighted by Gasteiger charge is 2.36. The van der Waals surface area contributed by atoms with Crippen LogP contribution in [0.5, 0.6) is 0 Å². The fourth-order valence-corrected chi connectivity index (χ4v) is 4.12. The highest BCUT2D eigenvalue weighted by Crippen LogP contribution is 2.34. The minimum Gasteiger partial charge on any atom is -0.463 e. The first-order valence-corrected chi connectivity index (χ1v) is 10.1. The second-order valence-corrected chi connectivity index (χ2v) is 7.74. The Hall–Kier alpha value is -2.94. The monoisotopic (exact) mass is 416 g/mol. The maximum Gasteiger partial charge on any atom is 0.373 e. The number of piperidine rings is 1. The molecule has 152 valence electrons. The average molecular weight is 416 g/mol. The van der Waals surface area contributed by atoms with Crippen molar-refractivity contribution >= 4 is 40.8 Å². The molecule has 2 saturated heterocycles. The van der Waals surface area contributed by atoms with Crippen molar-refractivity contribution in [2.75, 3.05) is 25.1 Å². The molecule has 0 N–H and O–H groups in total. The molecule has 0 bridgehead atoms. The van der Waals surface area contributed by atoms with Gasteiger partial charge in [-0.25, -0.2) is 4.79 Å². The SMILES string of the molecule is COC(=O)c1ccc(CN2C(=O)S/C(=C/c3ccc(N4CCCCC4)o3)C2=O)o1. The molecule has 8 nitrogen and oxygen atoms in total. The van der Waals surface area contributed by atoms with Crippen molar-refractivity contribution in [3.8, 4) is 0 Å². The van der Waals surface area contributed by atoms with Crippen LogP contribution in [0.25, 0.3) is 6.08 Å². The van der Waals surface area contributed by atoms with Crippen LogP contribution in [0.2, 0.25) is 0 Å². The Labute approximate surface area is 171 Å². The van der Waals surface area contributed by atoms with Gasteiger partial charge in [0.2, 0.25) is 5.76 Å². The normalized spacial score (nSPS) is 18.7. The predicted molar refractivity (Wildman–Crippen MR) is 106 cm³/mol. The van der Waals surface area contributed by atoms with Gasteiger partial charge in [-0.3, -0.25) is 14.5 Å². The lowest BCUT2D eigenvalue weighted by molar-refractivity contribution is -0.123. The Morgan fingerprint density at radius 2 is 1.93 bits per heavy atom. The molecule has 29 heavy (non-hydrogen) atoms. The van der Waals surface area contributed by atoms with E-state index >= 15 is 0 Å². The van der Waals surface area contributed by atoms with E-state index in [1.54, 1.807) is 12.1 Å². The number of hydrogen-bond acceptors (Lipinski definition) is 8. The van der Waals surface area contributed by atoms with Crippen LogP contribution in [0.3, 0.4) is 0 Å². The summed E-state index contributed by atoms with van der Waals surface area (Å²) >= 11 is 0.850. The molecule has 0 radical (unpaired) electrons. The third-order valence-corrected chi connectivity index (χ3v) is 5.70. The van der Waals surface area contributed by atoms with Crippen molar-refractivity contribution in [2.45, 2.75) is 25.8 Å². The summed E-state index contributed by atoms with van der Waals surface area (Å²) in [4.78, 5) is 40.0. The molecule has 2 amide bonds. The predicted octanol–water partition coefficient (Wildman–Crippen LogP) is 3.89. The summed E-state index contributed by atoms with van der Waals surface area (Å²) < 4.78 is 15.8. The number of rotatable bonds is 5. The first-order chi connectivity index (χ1) is 14.0. The van der Waals surface area contributed by atoms with Crippen LogP contribution >= 0.6 is 11.8 Å². The van der Waals surface area contributed by atoms with Crippen molar-refractivity contribution in [3.63, 3.8) is 0 Å². The summed E-state index contributed by atoms with van der Waals surface area (Å²) in [6, 6.07) is 6.67. The number of carbonyl (C=O) groups excluding carboxylic acids is 3. The van der Waals surface area contributed by atoms with Gasteiger partial charge in [-0.15, -0.1) is 0 Å². The lowest BCUT2D eigenvalue weighted by atomic mass is 10.1. The Balaban J connectivity index is 1.45. The molecule has 0 unspecified atom stereocenters. The summed E-state index contributed by atoms with van der Waals surface area (Å²) in [5, 5.41) is -0.403. The zero-order valence-corrected chi connectivity index (χ0v) is 16.7. The Morgan fingerprint density at radius 1 is 1.14 bits per heavy atom. The molecule has 2 fully saturated rings. The summed E-state index contributed by atoms with van der Waals surface area (Å²) in [6.07, 6.45) is 5.09. The van der Waals surface area contributed by atoms with Crippen LogP contribution in [-0.2, 0) is 16.1 Å². The van der Waals surface area contributed by atoms with Crippen molar-refractivity contribution in [3.05, 3.63) is 46.5 Å². The standard InChI is InChI=1S/C20H20N2O6S/c1-26-19(24)15-7-5-14(27-15)12-22-18(23)16(29-20(22)25)11-13-6-8-17(28-13)21-9-3-2-4-10-21/h5-8,11H,2-4,9-10,12H2,1H3/b16-11+. The molecule has 0 saturated carbocycles. The van der Waals surface area contributed by atoms with Crippen LogP contribution in [0.4, 0.5) is 10.7 Å². The molecule has 2 aliphatic heterocycles. The Bertz CT molecular complexity index is 969. The van der Waals surface area contributed by atoms with E-state index in [1.165, 1.54) is 25.7 Å². The van der Waals surface area contributed by atoms with Crippen LogP contribution < -0.4 is 4.90 Å². The molecule has 2 aromatic heterocycles. The number of furan rings is 2. The number of ether oxygens (including phenoxy) is 1. The van der Waals surface area contributed by atoms with Crippen molar-refractivity contribution < 1.29 is 28.0 Å². The highest BCUT2D eigenvalue weighted by atomic mass is 32.2. The van der Waals surface area contributed by atoms with E-state index in [0.29, 0.717) is 11.5 Å². The van der Waals surface area contributed by atoms with Crippen molar-refractivity contribution in [1.82, 2.24) is 4.90 Å². The lowest BCUT2D eigenvalue weighted by Crippen LogP contribution is -2.28. The van der Waals surface area contributed by atoms with Crippen LogP contribution in [0.15, 0.2) is 38.0 Å². The fraction of sp³-hybridized carbons (Fsp3) is 0.350. The molecular weight excluding hydrogens is 396 g/mol. The molecule has 4 rings (SSSR count). The van der Waals surface area contributed by atoms with Crippen molar-refractivity contribution in [1.29, 1.82) is 0 Å². The molecule has 9 heteroatoms. The third kappa shape index (κ3) is 4.09. The number of anilines is 1. The van der Waals surface area contributed by atoms with Gasteiger partial charge in [0.25, 0.3) is 11.1 Å². The maximum absolute atomic E-state index is 12.7. The van der Waals surface area contributed by atoms with Gasteiger partial charge in [0.15, 0.2) is 5.88 Å². The van der Waals surface area contributed by atoms with Gasteiger partial charge >= 0.3 is 5.97 Å². The number of thioether (sulfide) groups is 1. The zero-order valence-electron chi connectivity index (χ0n) is 15.9. The van der Waals surface area contributed by atoms with Gasteiger partial charge in [0.05, 0.1) is 18.6 Å². The van der Waals surface area contributed by atoms with Crippen LogP contribution in [0.1, 0.15) is 41.3 Å². The number of hydrogen-bond donors (Lipinski definition) is 0. The molecule has 0 spiro atoms. The molecular formula is C20H20N2O6S. The average Bonchev–Trinajstić information content (AvgIpc) is 3.45. The smallest absolute Gasteiger partial charge is 0.373 e. The van der Waals surface area contributed by atoms with Gasteiger partial charge in [-0.1, -0.05) is 0 Å². The molecule has 0 atom stereocenters. The van der Waals surface area contributed by atoms with Crippen LogP contribution in [-0.4, -0.2) is 42.2 Å². The second kappa shape index (κ2) is 8.20. The largest absolute Gasteiger partial charge is 0.463 e. The van der Waals surface area contributed by atoms with Gasteiger partial charge in [-0.05, 0) is 49.2 Å². The van der Waals surface area contributed by atoms with E-state index in [4.69, 9.17) is 8.83 Å². The Morgan fingerprint density at radius 3 is 2.69 bits per heavy atom. The van der Waals surface area contributed by atoms with E-state index in [-0.39, 0.29) is 17.2 Å². The topological polar surface area (TPSA) is 93.2 Å². The maximum atomic E-state index is 12.7. The van der Waals surface area contributed by atoms with E-state index in [2.05, 4.69) is 9.64 Å². The van der Waals surface area contributed by atoms with E-state index < -0.39 is 17.1 Å². The van der Waals surface area contributed by atoms with E-state index in [1.807, 2.05) is 6.07 Å². The van der Waals surface area contributed by atoms with Gasteiger partial charge < -0.3 is 18.5 Å². The fourth-order valence-electron chi connectivity index (χ4n) is 3.30. The van der Waals surface area contributed by atoms with E-state index in [0.717, 1.165) is 48.5 Å². The lowest BCUT2D eigenvalue weighted by Gasteiger charge is -2.25. The Kier molecular flexibility index (Phi) is 5.48. The minimum absolute atomic E-state index is 0.0193. The second-order valence-electron chi connectivity index (χ2n) is 6.75.